The average Bonchev–Trinajstić information content (AvgIpc) is 3.09. The van der Waals surface area contributed by atoms with E-state index in [1.807, 2.05) is 6.92 Å². The summed E-state index contributed by atoms with van der Waals surface area (Å²) < 4.78 is 12.5. The topological polar surface area (TPSA) is 86.3 Å². The fraction of sp³-hybridized carbons (Fsp3) is 0.538. The molecule has 0 saturated carbocycles. The molecule has 0 aromatic carbocycles. The molecule has 0 bridgehead atoms. The second kappa shape index (κ2) is 5.65. The number of aryl methyl sites for hydroxylation is 1. The predicted octanol–water partition coefficient (Wildman–Crippen LogP) is 0.563. The lowest BCUT2D eigenvalue weighted by molar-refractivity contribution is -0.147. The van der Waals surface area contributed by atoms with E-state index in [9.17, 15) is 4.79 Å². The van der Waals surface area contributed by atoms with Gasteiger partial charge in [-0.05, 0) is 19.9 Å². The van der Waals surface area contributed by atoms with Crippen molar-refractivity contribution < 1.29 is 14.1 Å². The monoisotopic (exact) mass is 291 g/mol. The highest BCUT2D eigenvalue weighted by Crippen LogP contribution is 2.24. The summed E-state index contributed by atoms with van der Waals surface area (Å²) in [4.78, 5) is 18.3. The highest BCUT2D eigenvalue weighted by atomic mass is 16.5. The summed E-state index contributed by atoms with van der Waals surface area (Å²) in [6.07, 6.45) is 2.95. The summed E-state index contributed by atoms with van der Waals surface area (Å²) in [5.74, 6) is 0.965. The molecule has 3 rings (SSSR count). The van der Waals surface area contributed by atoms with Crippen molar-refractivity contribution in [3.05, 3.63) is 30.2 Å². The van der Waals surface area contributed by atoms with Crippen molar-refractivity contribution in [2.75, 3.05) is 13.1 Å². The zero-order valence-electron chi connectivity index (χ0n) is 12.0. The van der Waals surface area contributed by atoms with Crippen LogP contribution in [-0.4, -0.2) is 49.9 Å². The first-order chi connectivity index (χ1) is 10.1. The Morgan fingerprint density at radius 2 is 2.33 bits per heavy atom. The summed E-state index contributed by atoms with van der Waals surface area (Å²) in [5, 5.41) is 7.81. The molecule has 2 aromatic heterocycles. The van der Waals surface area contributed by atoms with Crippen molar-refractivity contribution in [1.82, 2.24) is 24.8 Å². The summed E-state index contributed by atoms with van der Waals surface area (Å²) >= 11 is 0. The van der Waals surface area contributed by atoms with E-state index in [-0.39, 0.29) is 24.7 Å². The average molecular weight is 291 g/mol. The van der Waals surface area contributed by atoms with Crippen molar-refractivity contribution in [3.63, 3.8) is 0 Å². The third-order valence-corrected chi connectivity index (χ3v) is 3.29. The molecule has 1 fully saturated rings. The van der Waals surface area contributed by atoms with Crippen LogP contribution in [0.15, 0.2) is 23.0 Å². The summed E-state index contributed by atoms with van der Waals surface area (Å²) in [5.41, 5.74) is 0. The smallest absolute Gasteiger partial charge is 0.257 e. The van der Waals surface area contributed by atoms with E-state index in [1.165, 1.54) is 0 Å². The first-order valence-electron chi connectivity index (χ1n) is 6.82. The van der Waals surface area contributed by atoms with E-state index in [1.54, 1.807) is 35.0 Å². The van der Waals surface area contributed by atoms with E-state index < -0.39 is 0 Å². The van der Waals surface area contributed by atoms with Gasteiger partial charge < -0.3 is 14.2 Å². The van der Waals surface area contributed by atoms with Crippen LogP contribution in [0.3, 0.4) is 0 Å². The molecule has 0 N–H and O–H groups in total. The standard InChI is InChI=1S/C13H17N5O3/c1-9-6-17(12(19)8-18-5-3-4-14-18)7-11(20-9)13-15-10(2)16-21-13/h3-5,9,11H,6-8H2,1-2H3/t9-,11-/m1/s1. The zero-order valence-corrected chi connectivity index (χ0v) is 12.0. The Hall–Kier alpha value is -2.22. The van der Waals surface area contributed by atoms with Gasteiger partial charge in [-0.25, -0.2) is 0 Å². The van der Waals surface area contributed by atoms with Gasteiger partial charge >= 0.3 is 0 Å². The van der Waals surface area contributed by atoms with Crippen molar-refractivity contribution in [2.45, 2.75) is 32.6 Å². The molecule has 21 heavy (non-hydrogen) atoms. The minimum Gasteiger partial charge on any atom is -0.362 e. The Morgan fingerprint density at radius 3 is 3.00 bits per heavy atom. The number of amides is 1. The van der Waals surface area contributed by atoms with Gasteiger partial charge in [0.15, 0.2) is 11.9 Å². The normalized spacial score (nSPS) is 22.5. The molecule has 1 amide bonds. The molecule has 3 heterocycles. The van der Waals surface area contributed by atoms with Gasteiger partial charge in [0.2, 0.25) is 5.91 Å². The molecule has 1 saturated heterocycles. The maximum atomic E-state index is 12.3. The molecule has 112 valence electrons. The lowest BCUT2D eigenvalue weighted by atomic mass is 10.2. The van der Waals surface area contributed by atoms with Crippen LogP contribution in [0.5, 0.6) is 0 Å². The molecular formula is C13H17N5O3. The highest BCUT2D eigenvalue weighted by Gasteiger charge is 2.32. The van der Waals surface area contributed by atoms with Gasteiger partial charge in [0.1, 0.15) is 6.54 Å². The van der Waals surface area contributed by atoms with Gasteiger partial charge in [0, 0.05) is 18.9 Å². The van der Waals surface area contributed by atoms with E-state index in [0.29, 0.717) is 24.8 Å². The quantitative estimate of drug-likeness (QED) is 0.821. The van der Waals surface area contributed by atoms with E-state index >= 15 is 0 Å². The zero-order chi connectivity index (χ0) is 14.8. The van der Waals surface area contributed by atoms with Gasteiger partial charge in [0.05, 0.1) is 12.6 Å². The number of rotatable bonds is 3. The Kier molecular flexibility index (Phi) is 3.70. The van der Waals surface area contributed by atoms with Crippen LogP contribution in [0, 0.1) is 6.92 Å². The fourth-order valence-electron chi connectivity index (χ4n) is 2.37. The summed E-state index contributed by atoms with van der Waals surface area (Å²) in [7, 11) is 0. The number of aromatic nitrogens is 4. The van der Waals surface area contributed by atoms with E-state index in [2.05, 4.69) is 15.2 Å². The molecule has 2 atom stereocenters. The van der Waals surface area contributed by atoms with E-state index in [0.717, 1.165) is 0 Å². The summed E-state index contributed by atoms with van der Waals surface area (Å²) in [6.45, 7) is 4.84. The molecular weight excluding hydrogens is 274 g/mol. The van der Waals surface area contributed by atoms with Crippen LogP contribution in [-0.2, 0) is 16.1 Å². The third-order valence-electron chi connectivity index (χ3n) is 3.29. The number of nitrogens with zero attached hydrogens (tertiary/aromatic N) is 5. The minimum atomic E-state index is -0.378. The van der Waals surface area contributed by atoms with E-state index in [4.69, 9.17) is 9.26 Å². The molecule has 0 spiro atoms. The maximum Gasteiger partial charge on any atom is 0.257 e. The predicted molar refractivity (Wildman–Crippen MR) is 71.1 cm³/mol. The first kappa shape index (κ1) is 13.7. The van der Waals surface area contributed by atoms with Crippen molar-refractivity contribution in [3.8, 4) is 0 Å². The third kappa shape index (κ3) is 3.10. The number of hydrogen-bond donors (Lipinski definition) is 0. The Labute approximate surface area is 121 Å². The molecule has 8 heteroatoms. The van der Waals surface area contributed by atoms with Crippen LogP contribution in [0.2, 0.25) is 0 Å². The SMILES string of the molecule is Cc1noc([C@H]2CN(C(=O)Cn3cccn3)C[C@@H](C)O2)n1. The Bertz CT molecular complexity index is 609. The van der Waals surface area contributed by atoms with Crippen LogP contribution in [0.1, 0.15) is 24.7 Å². The van der Waals surface area contributed by atoms with Gasteiger partial charge in [-0.3, -0.25) is 9.48 Å². The highest BCUT2D eigenvalue weighted by molar-refractivity contribution is 5.76. The molecule has 8 nitrogen and oxygen atoms in total. The lowest BCUT2D eigenvalue weighted by Gasteiger charge is -2.35. The van der Waals surface area contributed by atoms with Crippen LogP contribution < -0.4 is 0 Å². The number of carbonyl (C=O) groups excluding carboxylic acids is 1. The van der Waals surface area contributed by atoms with Crippen molar-refractivity contribution in [1.29, 1.82) is 0 Å². The molecule has 0 radical (unpaired) electrons. The number of hydrogen-bond acceptors (Lipinski definition) is 6. The van der Waals surface area contributed by atoms with Crippen LogP contribution >= 0.6 is 0 Å². The van der Waals surface area contributed by atoms with Gasteiger partial charge in [-0.1, -0.05) is 5.16 Å². The lowest BCUT2D eigenvalue weighted by Crippen LogP contribution is -2.47. The van der Waals surface area contributed by atoms with Crippen molar-refractivity contribution >= 4 is 5.91 Å². The Balaban J connectivity index is 1.69. The molecule has 0 unspecified atom stereocenters. The maximum absolute atomic E-state index is 12.3. The van der Waals surface area contributed by atoms with Gasteiger partial charge in [-0.2, -0.15) is 10.1 Å². The summed E-state index contributed by atoms with van der Waals surface area (Å²) in [6, 6.07) is 1.79. The molecule has 2 aromatic rings. The largest absolute Gasteiger partial charge is 0.362 e. The second-order valence-electron chi connectivity index (χ2n) is 5.12. The van der Waals surface area contributed by atoms with Crippen molar-refractivity contribution in [2.24, 2.45) is 0 Å². The Morgan fingerprint density at radius 1 is 1.48 bits per heavy atom. The molecule has 1 aliphatic rings. The van der Waals surface area contributed by atoms with Crippen LogP contribution in [0.4, 0.5) is 0 Å². The molecule has 1 aliphatic heterocycles. The minimum absolute atomic E-state index is 0.00455. The van der Waals surface area contributed by atoms with Gasteiger partial charge in [0.25, 0.3) is 5.89 Å². The number of ether oxygens (including phenoxy) is 1. The van der Waals surface area contributed by atoms with Gasteiger partial charge in [-0.15, -0.1) is 0 Å². The second-order valence-corrected chi connectivity index (χ2v) is 5.12. The number of carbonyl (C=O) groups is 1. The number of morpholine rings is 1. The van der Waals surface area contributed by atoms with Crippen LogP contribution in [0.25, 0.3) is 0 Å². The first-order valence-corrected chi connectivity index (χ1v) is 6.82. The molecule has 0 aliphatic carbocycles. The fourth-order valence-corrected chi connectivity index (χ4v) is 2.37.